The van der Waals surface area contributed by atoms with E-state index in [-0.39, 0.29) is 36.7 Å². The minimum atomic E-state index is -5.78. The Bertz CT molecular complexity index is 4650. The largest absolute Gasteiger partial charge is 0.490 e. The molecular weight excluding hydrogens is 1600 g/mol. The standard InChI is InChI=1S/C21H31FN6O6.C13H17FN6O5.C12H15FN6O5.C10H16FN2O14P3/c1-3-5-7-9-15(29)32-13-21(26-27-24)18(33-16(30)10-8-6-4-2)17(22)19(34-21)28-12-11-14(23)25-20(28)31;1-6(2)11(22)24-5-13(18-19-16)9(21)8(14)10(25-13)20-4-3-7(15)17-12(20)23;1-2-7(21)23-9-8(13)10(24-12(9,5-20)17-18-15)19-4-3-6(14)16-11(19)22;1-10(4-24-29(20,21)27-30(22,23)26-28(17,18)19)7(15)6(11)8(25-10)13-3-2-5(14)12-9(13)16/h11-12,17-19H,3-10,13H2,1-2H3,(H2,23,25,31);3-4,6,8-10,21H,5H2,1-2H3,(H2,15,17,23);3-4,8-10,20H,2,5H2,1H3,(H2,14,16,22);2-3,6-8,15H,4H2,1H3,(H,20,21)(H,22,23)(H,12,14,16)(H2,17,18,19)/t17-,18+,19-,21-;8-,9+,10-,13-;8-,9+,10-,12-;6-,7+,8-,10-/m1111/s1. The van der Waals surface area contributed by atoms with Gasteiger partial charge in [0.1, 0.15) is 48.5 Å². The van der Waals surface area contributed by atoms with Crippen molar-refractivity contribution in [2.45, 2.75) is 196 Å². The van der Waals surface area contributed by atoms with Crippen LogP contribution in [0.1, 0.15) is 124 Å². The van der Waals surface area contributed by atoms with E-state index in [0.29, 0.717) is 17.4 Å². The van der Waals surface area contributed by atoms with Crippen LogP contribution in [0.4, 0.5) is 35.0 Å². The number of phosphoric ester groups is 1. The molecule has 626 valence electrons. The smallest absolute Gasteiger partial charge is 0.462 e. The molecule has 18 atom stereocenters. The SMILES string of the molecule is CC(C)C(=O)OC[C@@]1(N=[N+]=[N-])O[C@@H](n2ccc(N)nc2=O)[C@H](F)[C@@H]1O.CCC(=O)O[C@H]1[C@@H](F)[C@H](n2ccc(N)nc2=O)O[C@@]1(CO)N=[N+]=[N-].CCCCCC(=O)OC[C@@]1(N=[N+]=[N-])O[C@@H](n2ccc(N)nc2=O)[C@H](F)[C@@H]1OC(=O)CCCCC.C[C@]1(COP(=O)(O)OP(=O)(O)OP(=O)(O)O)O[C@@H](n2ccc(=O)[nH]c2=O)[C@H](F)[C@@H]1O. The second kappa shape index (κ2) is 40.4. The Labute approximate surface area is 631 Å². The van der Waals surface area contributed by atoms with E-state index < -0.39 is 205 Å². The van der Waals surface area contributed by atoms with Gasteiger partial charge in [-0.25, -0.2) is 50.4 Å². The van der Waals surface area contributed by atoms with Gasteiger partial charge in [0, 0.05) is 64.9 Å². The number of aromatic amines is 1. The van der Waals surface area contributed by atoms with Crippen molar-refractivity contribution in [1.82, 2.24) is 38.2 Å². The van der Waals surface area contributed by atoms with Gasteiger partial charge in [-0.3, -0.25) is 51.7 Å². The lowest BCUT2D eigenvalue weighted by atomic mass is 9.99. The quantitative estimate of drug-likeness (QED) is 0.00504. The number of aromatic nitrogens is 8. The molecule has 0 aliphatic carbocycles. The molecule has 4 saturated heterocycles. The molecule has 4 aromatic heterocycles. The Hall–Kier alpha value is -9.62. The van der Waals surface area contributed by atoms with Gasteiger partial charge in [0.2, 0.25) is 17.2 Å². The average molecular weight is 1680 g/mol. The van der Waals surface area contributed by atoms with E-state index in [4.69, 9.17) is 86.4 Å². The number of anilines is 3. The number of hydrogen-bond donors (Lipinski definition) is 11. The van der Waals surface area contributed by atoms with Crippen LogP contribution in [0.3, 0.4) is 0 Å². The van der Waals surface area contributed by atoms with Crippen molar-refractivity contribution < 1.29 is 136 Å². The van der Waals surface area contributed by atoms with Crippen LogP contribution >= 0.6 is 23.5 Å². The first-order valence-electron chi connectivity index (χ1n) is 33.1. The Balaban J connectivity index is 0.000000272. The monoisotopic (exact) mass is 1680 g/mol. The number of alkyl halides is 4. The molecule has 50 nitrogen and oxygen atoms in total. The van der Waals surface area contributed by atoms with Crippen LogP contribution in [-0.4, -0.2) is 195 Å². The third-order valence-electron chi connectivity index (χ3n) is 16.0. The predicted molar refractivity (Wildman–Crippen MR) is 368 cm³/mol. The van der Waals surface area contributed by atoms with E-state index in [1.54, 1.807) is 13.8 Å². The number of carbonyl (C=O) groups excluding carboxylic acids is 4. The maximum absolute atomic E-state index is 15.6. The first kappa shape index (κ1) is 94.0. The first-order chi connectivity index (χ1) is 52.8. The van der Waals surface area contributed by atoms with Crippen LogP contribution < -0.4 is 45.5 Å². The van der Waals surface area contributed by atoms with Crippen LogP contribution in [0.5, 0.6) is 0 Å². The summed E-state index contributed by atoms with van der Waals surface area (Å²) in [6.07, 6.45) is -14.2. The van der Waals surface area contributed by atoms with E-state index in [1.807, 2.05) is 18.8 Å². The number of ether oxygens (including phenoxy) is 8. The van der Waals surface area contributed by atoms with Gasteiger partial charge in [0.25, 0.3) is 5.56 Å². The molecule has 4 aromatic rings. The van der Waals surface area contributed by atoms with Gasteiger partial charge in [-0.05, 0) is 54.6 Å². The summed E-state index contributed by atoms with van der Waals surface area (Å²) in [7, 11) is -16.9. The number of rotatable bonds is 31. The van der Waals surface area contributed by atoms with Gasteiger partial charge in [0.15, 0.2) is 61.8 Å². The Morgan fingerprint density at radius 2 is 1.00 bits per heavy atom. The number of esters is 4. The van der Waals surface area contributed by atoms with Crippen molar-refractivity contribution in [2.24, 2.45) is 21.3 Å². The topological polar surface area (TPSA) is 747 Å². The zero-order valence-electron chi connectivity index (χ0n) is 60.1. The van der Waals surface area contributed by atoms with E-state index in [0.717, 1.165) is 77.2 Å². The fraction of sp³-hybridized carbons (Fsp3) is 0.643. The molecule has 113 heavy (non-hydrogen) atoms. The summed E-state index contributed by atoms with van der Waals surface area (Å²) in [4.78, 5) is 162. The fourth-order valence-electron chi connectivity index (χ4n) is 10.4. The highest BCUT2D eigenvalue weighted by molar-refractivity contribution is 7.66. The Morgan fingerprint density at radius 1 is 0.584 bits per heavy atom. The van der Waals surface area contributed by atoms with Crippen molar-refractivity contribution in [2.75, 3.05) is 43.6 Å². The molecule has 4 aliphatic rings. The normalized spacial score (nSPS) is 27.9. The zero-order chi connectivity index (χ0) is 84.9. The van der Waals surface area contributed by atoms with Gasteiger partial charge in [0.05, 0.1) is 19.1 Å². The summed E-state index contributed by atoms with van der Waals surface area (Å²) < 4.78 is 149. The molecule has 0 radical (unpaired) electrons. The molecule has 4 fully saturated rings. The minimum absolute atomic E-state index is 0.00819. The number of phosphoric acid groups is 3. The summed E-state index contributed by atoms with van der Waals surface area (Å²) in [6, 6.07) is 4.59. The number of halogens is 4. The molecule has 8 rings (SSSR count). The number of aliphatic hydroxyl groups excluding tert-OH is 3. The fourth-order valence-corrected chi connectivity index (χ4v) is 13.5. The van der Waals surface area contributed by atoms with Gasteiger partial charge in [-0.2, -0.15) is 23.6 Å². The summed E-state index contributed by atoms with van der Waals surface area (Å²) in [6.45, 7) is 5.98. The molecular formula is C56H79F4N20O30P3. The van der Waals surface area contributed by atoms with Crippen molar-refractivity contribution in [1.29, 1.82) is 0 Å². The van der Waals surface area contributed by atoms with Crippen molar-refractivity contribution in [3.8, 4) is 0 Å². The Morgan fingerprint density at radius 3 is 1.45 bits per heavy atom. The van der Waals surface area contributed by atoms with Crippen molar-refractivity contribution >= 4 is 64.8 Å². The van der Waals surface area contributed by atoms with Crippen molar-refractivity contribution in [3.05, 3.63) is 133 Å². The van der Waals surface area contributed by atoms with Crippen LogP contribution in [0.15, 0.2) is 88.4 Å². The summed E-state index contributed by atoms with van der Waals surface area (Å²) in [5, 5.41) is 39.8. The molecule has 0 amide bonds. The molecule has 2 unspecified atom stereocenters. The number of nitrogens with zero attached hydrogens (tertiary/aromatic N) is 16. The van der Waals surface area contributed by atoms with Crippen LogP contribution in [0, 0.1) is 5.92 Å². The molecule has 0 bridgehead atoms. The summed E-state index contributed by atoms with van der Waals surface area (Å²) in [5.74, 6) is -3.54. The maximum Gasteiger partial charge on any atom is 0.490 e. The Kier molecular flexibility index (Phi) is 33.6. The molecule has 4 aliphatic heterocycles. The summed E-state index contributed by atoms with van der Waals surface area (Å²) in [5.41, 5.74) is 29.4. The zero-order valence-corrected chi connectivity index (χ0v) is 62.8. The number of aliphatic hydroxyl groups is 3. The van der Waals surface area contributed by atoms with Gasteiger partial charge in [-0.1, -0.05) is 75.6 Å². The molecule has 8 heterocycles. The van der Waals surface area contributed by atoms with Crippen LogP contribution in [0.25, 0.3) is 31.3 Å². The van der Waals surface area contributed by atoms with E-state index >= 15 is 4.39 Å². The highest BCUT2D eigenvalue weighted by Crippen LogP contribution is 2.66. The maximum atomic E-state index is 15.6. The number of H-pyrrole nitrogens is 1. The lowest BCUT2D eigenvalue weighted by molar-refractivity contribution is -0.177. The number of nitrogens with one attached hydrogen (secondary N) is 1. The van der Waals surface area contributed by atoms with Gasteiger partial charge in [-0.15, -0.1) is 0 Å². The predicted octanol–water partition coefficient (Wildman–Crippen LogP) is 2.45. The number of nitrogens with two attached hydrogens (primary N) is 3. The second-order valence-electron chi connectivity index (χ2n) is 24.8. The molecule has 14 N–H and O–H groups in total. The number of azide groups is 3. The molecule has 0 saturated carbocycles. The first-order valence-corrected chi connectivity index (χ1v) is 37.6. The summed E-state index contributed by atoms with van der Waals surface area (Å²) >= 11 is 0. The second-order valence-corrected chi connectivity index (χ2v) is 29.2. The lowest BCUT2D eigenvalue weighted by Gasteiger charge is -2.28. The van der Waals surface area contributed by atoms with Gasteiger partial charge < -0.3 is 90.0 Å². The minimum Gasteiger partial charge on any atom is -0.462 e. The lowest BCUT2D eigenvalue weighted by Crippen LogP contribution is -2.47. The third kappa shape index (κ3) is 24.7. The number of unbranched alkanes of at least 4 members (excludes halogenated alkanes) is 4. The highest BCUT2D eigenvalue weighted by Gasteiger charge is 2.62. The number of nitrogen functional groups attached to an aromatic ring is 3. The molecule has 0 aromatic carbocycles. The highest BCUT2D eigenvalue weighted by atomic mass is 31.3. The van der Waals surface area contributed by atoms with Gasteiger partial charge >= 0.3 is 70.1 Å². The number of carbonyl (C=O) groups is 4. The van der Waals surface area contributed by atoms with Crippen LogP contribution in [0.2, 0.25) is 0 Å². The van der Waals surface area contributed by atoms with E-state index in [1.165, 1.54) is 25.1 Å². The van der Waals surface area contributed by atoms with E-state index in [2.05, 4.69) is 58.2 Å². The number of hydrogen-bond acceptors (Lipinski definition) is 35. The van der Waals surface area contributed by atoms with E-state index in [9.17, 15) is 90.2 Å². The third-order valence-corrected chi connectivity index (χ3v) is 19.8. The average Bonchev–Trinajstić information content (AvgIpc) is 1.62. The van der Waals surface area contributed by atoms with Crippen LogP contribution in [-0.2, 0) is 83.9 Å². The van der Waals surface area contributed by atoms with Crippen molar-refractivity contribution in [3.63, 3.8) is 0 Å². The molecule has 0 spiro atoms. The molecule has 57 heteroatoms.